The molecular formula is C19H26N4O2S. The van der Waals surface area contributed by atoms with E-state index in [2.05, 4.69) is 29.4 Å². The first-order valence-corrected chi connectivity index (χ1v) is 9.98. The molecule has 7 heteroatoms. The molecule has 1 aliphatic carbocycles. The van der Waals surface area contributed by atoms with Gasteiger partial charge in [0.1, 0.15) is 6.04 Å². The summed E-state index contributed by atoms with van der Waals surface area (Å²) in [5.74, 6) is 0.0435. The molecule has 2 aromatic heterocycles. The molecule has 6 nitrogen and oxygen atoms in total. The molecule has 26 heavy (non-hydrogen) atoms. The molecular weight excluding hydrogens is 348 g/mol. The van der Waals surface area contributed by atoms with Gasteiger partial charge >= 0.3 is 0 Å². The Morgan fingerprint density at radius 2 is 2.19 bits per heavy atom. The number of hydrogen-bond donors (Lipinski definition) is 2. The molecule has 0 spiro atoms. The molecule has 1 unspecified atom stereocenters. The van der Waals surface area contributed by atoms with E-state index in [0.717, 1.165) is 25.0 Å². The topological polar surface area (TPSA) is 78.1 Å². The van der Waals surface area contributed by atoms with Gasteiger partial charge in [-0.2, -0.15) is 5.10 Å². The van der Waals surface area contributed by atoms with Crippen molar-refractivity contribution in [2.24, 2.45) is 5.92 Å². The molecule has 2 amide bonds. The number of rotatable bonds is 7. The number of nitrogens with one attached hydrogen (secondary N) is 2. The van der Waals surface area contributed by atoms with Crippen molar-refractivity contribution < 1.29 is 9.59 Å². The van der Waals surface area contributed by atoms with Crippen LogP contribution in [0.4, 0.5) is 0 Å². The lowest BCUT2D eigenvalue weighted by Crippen LogP contribution is -2.47. The zero-order valence-corrected chi connectivity index (χ0v) is 16.4. The number of H-pyrrole nitrogens is 1. The Morgan fingerprint density at radius 1 is 1.38 bits per heavy atom. The third kappa shape index (κ3) is 4.15. The molecule has 0 aromatic carbocycles. The van der Waals surface area contributed by atoms with Crippen molar-refractivity contribution >= 4 is 23.2 Å². The first-order chi connectivity index (χ1) is 12.5. The second kappa shape index (κ2) is 8.03. The number of aromatic nitrogens is 2. The quantitative estimate of drug-likeness (QED) is 0.782. The van der Waals surface area contributed by atoms with E-state index in [0.29, 0.717) is 23.8 Å². The molecule has 0 saturated carbocycles. The third-order valence-electron chi connectivity index (χ3n) is 4.71. The number of aryl methyl sites for hydroxylation is 1. The lowest BCUT2D eigenvalue weighted by molar-refractivity contribution is -0.132. The summed E-state index contributed by atoms with van der Waals surface area (Å²) in [4.78, 5) is 27.7. The van der Waals surface area contributed by atoms with E-state index in [9.17, 15) is 9.59 Å². The Morgan fingerprint density at radius 3 is 2.88 bits per heavy atom. The smallest absolute Gasteiger partial charge is 0.261 e. The number of amides is 2. The maximum Gasteiger partial charge on any atom is 0.261 e. The lowest BCUT2D eigenvalue weighted by atomic mass is 10.0. The van der Waals surface area contributed by atoms with Crippen molar-refractivity contribution in [2.45, 2.75) is 52.1 Å². The van der Waals surface area contributed by atoms with Crippen LogP contribution in [0, 0.1) is 5.92 Å². The summed E-state index contributed by atoms with van der Waals surface area (Å²) in [6, 6.07) is 3.08. The minimum absolute atomic E-state index is 0.0710. The van der Waals surface area contributed by atoms with Crippen molar-refractivity contribution in [2.75, 3.05) is 7.05 Å². The highest BCUT2D eigenvalue weighted by molar-refractivity contribution is 7.12. The average molecular weight is 375 g/mol. The third-order valence-corrected chi connectivity index (χ3v) is 5.58. The zero-order chi connectivity index (χ0) is 18.7. The summed E-state index contributed by atoms with van der Waals surface area (Å²) in [5.41, 5.74) is 3.40. The molecule has 140 valence electrons. The van der Waals surface area contributed by atoms with E-state index < -0.39 is 6.04 Å². The minimum Gasteiger partial charge on any atom is -0.340 e. The number of fused-ring (bicyclic) bond motifs is 1. The summed E-state index contributed by atoms with van der Waals surface area (Å²) < 4.78 is 0. The Labute approximate surface area is 158 Å². The number of hydrogen-bond acceptors (Lipinski definition) is 4. The summed E-state index contributed by atoms with van der Waals surface area (Å²) in [6.07, 6.45) is 3.81. The molecule has 0 aliphatic heterocycles. The van der Waals surface area contributed by atoms with Gasteiger partial charge in [-0.1, -0.05) is 19.9 Å². The first-order valence-electron chi connectivity index (χ1n) is 9.10. The molecule has 0 fully saturated rings. The normalized spacial score (nSPS) is 14.3. The molecule has 3 rings (SSSR count). The molecule has 0 saturated heterocycles. The van der Waals surface area contributed by atoms with Crippen LogP contribution in [0.1, 0.15) is 53.3 Å². The number of thiophene rings is 1. The van der Waals surface area contributed by atoms with E-state index in [-0.39, 0.29) is 11.8 Å². The highest BCUT2D eigenvalue weighted by Crippen LogP contribution is 2.23. The maximum absolute atomic E-state index is 13.0. The fraction of sp³-hybridized carbons (Fsp3) is 0.526. The predicted molar refractivity (Wildman–Crippen MR) is 102 cm³/mol. The van der Waals surface area contributed by atoms with Crippen molar-refractivity contribution in [1.29, 1.82) is 0 Å². The highest BCUT2D eigenvalue weighted by atomic mass is 32.1. The zero-order valence-electron chi connectivity index (χ0n) is 15.5. The van der Waals surface area contributed by atoms with E-state index in [1.54, 1.807) is 18.0 Å². The van der Waals surface area contributed by atoms with Crippen LogP contribution in [0.2, 0.25) is 0 Å². The summed E-state index contributed by atoms with van der Waals surface area (Å²) in [5, 5.41) is 12.2. The second-order valence-corrected chi connectivity index (χ2v) is 8.26. The monoisotopic (exact) mass is 374 g/mol. The Balaban J connectivity index is 1.68. The lowest BCUT2D eigenvalue weighted by Gasteiger charge is -2.25. The van der Waals surface area contributed by atoms with Crippen molar-refractivity contribution in [1.82, 2.24) is 20.4 Å². The molecule has 1 atom stereocenters. The largest absolute Gasteiger partial charge is 0.340 e. The number of aromatic amines is 1. The summed E-state index contributed by atoms with van der Waals surface area (Å²) >= 11 is 1.38. The van der Waals surface area contributed by atoms with E-state index in [1.165, 1.54) is 22.6 Å². The van der Waals surface area contributed by atoms with E-state index in [4.69, 9.17) is 0 Å². The molecule has 1 aliphatic rings. The van der Waals surface area contributed by atoms with E-state index in [1.807, 2.05) is 11.4 Å². The maximum atomic E-state index is 13.0. The molecule has 0 bridgehead atoms. The Kier molecular flexibility index (Phi) is 5.76. The Bertz CT molecular complexity index is 767. The van der Waals surface area contributed by atoms with E-state index >= 15 is 0 Å². The number of likely N-dealkylation sites (N-methyl/N-ethyl adjacent to an activating group) is 1. The number of carbonyl (C=O) groups excluding carboxylic acids is 2. The van der Waals surface area contributed by atoms with Gasteiger partial charge in [0.05, 0.1) is 17.1 Å². The summed E-state index contributed by atoms with van der Waals surface area (Å²) in [6.45, 7) is 4.57. The van der Waals surface area contributed by atoms with Crippen LogP contribution in [-0.2, 0) is 24.2 Å². The van der Waals surface area contributed by atoms with Crippen LogP contribution in [0.15, 0.2) is 17.5 Å². The predicted octanol–water partition coefficient (Wildman–Crippen LogP) is 2.76. The second-order valence-electron chi connectivity index (χ2n) is 7.31. The summed E-state index contributed by atoms with van der Waals surface area (Å²) in [7, 11) is 1.78. The molecule has 2 N–H and O–H groups in total. The van der Waals surface area contributed by atoms with Gasteiger partial charge in [0, 0.05) is 12.7 Å². The minimum atomic E-state index is -0.526. The van der Waals surface area contributed by atoms with Gasteiger partial charge in [0.25, 0.3) is 5.91 Å². The standard InChI is InChI=1S/C19H26N4O2S/c1-12(2)10-15(20-18(24)17-8-5-9-26-17)19(25)23(3)11-16-13-6-4-7-14(13)21-22-16/h5,8-9,12,15H,4,6-7,10-11H2,1-3H3,(H,20,24)(H,21,22). The van der Waals surface area contributed by atoms with Gasteiger partial charge in [-0.05, 0) is 48.6 Å². The van der Waals surface area contributed by atoms with Gasteiger partial charge in [-0.3, -0.25) is 14.7 Å². The number of nitrogens with zero attached hydrogens (tertiary/aromatic N) is 2. The van der Waals surface area contributed by atoms with Crippen LogP contribution in [-0.4, -0.2) is 40.0 Å². The Hall–Kier alpha value is -2.15. The van der Waals surface area contributed by atoms with Gasteiger partial charge in [-0.25, -0.2) is 0 Å². The fourth-order valence-electron chi connectivity index (χ4n) is 3.42. The van der Waals surface area contributed by atoms with Gasteiger partial charge < -0.3 is 10.2 Å². The first kappa shape index (κ1) is 18.6. The van der Waals surface area contributed by atoms with Crippen LogP contribution in [0.3, 0.4) is 0 Å². The highest BCUT2D eigenvalue weighted by Gasteiger charge is 2.27. The fourth-order valence-corrected chi connectivity index (χ4v) is 4.04. The van der Waals surface area contributed by atoms with Crippen molar-refractivity contribution in [3.63, 3.8) is 0 Å². The van der Waals surface area contributed by atoms with Crippen LogP contribution >= 0.6 is 11.3 Å². The van der Waals surface area contributed by atoms with Crippen LogP contribution in [0.25, 0.3) is 0 Å². The van der Waals surface area contributed by atoms with Gasteiger partial charge in [-0.15, -0.1) is 11.3 Å². The van der Waals surface area contributed by atoms with Crippen molar-refractivity contribution in [3.05, 3.63) is 39.3 Å². The molecule has 2 heterocycles. The molecule has 0 radical (unpaired) electrons. The SMILES string of the molecule is CC(C)CC(NC(=O)c1cccs1)C(=O)N(C)Cc1n[nH]c2c1CCC2. The number of carbonyl (C=O) groups is 2. The molecule has 2 aromatic rings. The van der Waals surface area contributed by atoms with Crippen LogP contribution in [0.5, 0.6) is 0 Å². The average Bonchev–Trinajstić information content (AvgIpc) is 3.32. The van der Waals surface area contributed by atoms with Gasteiger partial charge in [0.2, 0.25) is 5.91 Å². The van der Waals surface area contributed by atoms with Gasteiger partial charge in [0.15, 0.2) is 0 Å². The van der Waals surface area contributed by atoms with Crippen LogP contribution < -0.4 is 5.32 Å². The van der Waals surface area contributed by atoms with Crippen molar-refractivity contribution in [3.8, 4) is 0 Å².